The average Bonchev–Trinajstić information content (AvgIpc) is 2.90. The molecular formula is C15H17NO3. The quantitative estimate of drug-likeness (QED) is 0.865. The number of nitrogens with one attached hydrogen (secondary N) is 1. The van der Waals surface area contributed by atoms with Crippen molar-refractivity contribution in [1.82, 2.24) is 5.32 Å². The summed E-state index contributed by atoms with van der Waals surface area (Å²) in [5, 5.41) is 13.0. The van der Waals surface area contributed by atoms with Crippen molar-refractivity contribution in [3.63, 3.8) is 0 Å². The summed E-state index contributed by atoms with van der Waals surface area (Å²) in [6.07, 6.45) is 1.57. The second-order valence-electron chi connectivity index (χ2n) is 4.67. The maximum absolute atomic E-state index is 11.8. The van der Waals surface area contributed by atoms with Crippen LogP contribution in [-0.4, -0.2) is 11.0 Å². The highest BCUT2D eigenvalue weighted by molar-refractivity contribution is 5.77. The number of rotatable bonds is 5. The number of amides is 1. The van der Waals surface area contributed by atoms with Crippen LogP contribution >= 0.6 is 0 Å². The minimum Gasteiger partial charge on any atom is -0.467 e. The van der Waals surface area contributed by atoms with E-state index in [0.29, 0.717) is 12.3 Å². The molecule has 0 aliphatic rings. The smallest absolute Gasteiger partial charge is 0.223 e. The summed E-state index contributed by atoms with van der Waals surface area (Å²) < 4.78 is 5.12. The third kappa shape index (κ3) is 3.69. The zero-order valence-corrected chi connectivity index (χ0v) is 10.8. The van der Waals surface area contributed by atoms with Gasteiger partial charge in [0.1, 0.15) is 5.76 Å². The monoisotopic (exact) mass is 259 g/mol. The lowest BCUT2D eigenvalue weighted by Gasteiger charge is -2.23. The van der Waals surface area contributed by atoms with E-state index in [1.165, 1.54) is 0 Å². The van der Waals surface area contributed by atoms with Crippen LogP contribution in [0.5, 0.6) is 0 Å². The van der Waals surface area contributed by atoms with E-state index in [1.54, 1.807) is 37.5 Å². The second kappa shape index (κ2) is 5.71. The van der Waals surface area contributed by atoms with Crippen LogP contribution in [0.15, 0.2) is 53.1 Å². The summed E-state index contributed by atoms with van der Waals surface area (Å²) in [5.74, 6) is 0.470. The van der Waals surface area contributed by atoms with Crippen molar-refractivity contribution in [2.24, 2.45) is 0 Å². The van der Waals surface area contributed by atoms with Crippen molar-refractivity contribution in [1.29, 1.82) is 0 Å². The number of hydrogen-bond donors (Lipinski definition) is 2. The first kappa shape index (κ1) is 13.4. The average molecular weight is 259 g/mol. The molecule has 2 N–H and O–H groups in total. The third-order valence-corrected chi connectivity index (χ3v) is 2.94. The Bertz CT molecular complexity index is 518. The maximum Gasteiger partial charge on any atom is 0.223 e. The lowest BCUT2D eigenvalue weighted by molar-refractivity contribution is -0.126. The molecule has 1 amide bonds. The first-order valence-corrected chi connectivity index (χ1v) is 6.15. The van der Waals surface area contributed by atoms with Crippen molar-refractivity contribution in [2.75, 3.05) is 0 Å². The van der Waals surface area contributed by atoms with E-state index in [-0.39, 0.29) is 12.3 Å². The maximum atomic E-state index is 11.8. The fourth-order valence-corrected chi connectivity index (χ4v) is 1.87. The summed E-state index contributed by atoms with van der Waals surface area (Å²) in [5.41, 5.74) is -0.447. The van der Waals surface area contributed by atoms with Gasteiger partial charge in [-0.3, -0.25) is 4.79 Å². The summed E-state index contributed by atoms with van der Waals surface area (Å²) in [6.45, 7) is 1.96. The number of furan rings is 1. The Hall–Kier alpha value is -2.07. The van der Waals surface area contributed by atoms with Crippen molar-refractivity contribution < 1.29 is 14.3 Å². The fourth-order valence-electron chi connectivity index (χ4n) is 1.87. The number of benzene rings is 1. The standard InChI is InChI=1S/C15H17NO3/c1-15(18,12-6-3-2-4-7-12)10-14(17)16-11-13-8-5-9-19-13/h2-9,18H,10-11H2,1H3,(H,16,17). The molecule has 1 heterocycles. The van der Waals surface area contributed by atoms with Crippen molar-refractivity contribution in [3.05, 3.63) is 60.1 Å². The molecule has 0 spiro atoms. The van der Waals surface area contributed by atoms with Crippen LogP contribution in [0, 0.1) is 0 Å². The molecule has 1 aromatic heterocycles. The summed E-state index contributed by atoms with van der Waals surface area (Å²) in [6, 6.07) is 12.7. The second-order valence-corrected chi connectivity index (χ2v) is 4.67. The minimum absolute atomic E-state index is 0.0116. The van der Waals surface area contributed by atoms with Gasteiger partial charge in [0.05, 0.1) is 24.8 Å². The molecule has 0 aliphatic carbocycles. The molecule has 0 bridgehead atoms. The van der Waals surface area contributed by atoms with Gasteiger partial charge >= 0.3 is 0 Å². The van der Waals surface area contributed by atoms with E-state index in [4.69, 9.17) is 4.42 Å². The van der Waals surface area contributed by atoms with E-state index in [2.05, 4.69) is 5.32 Å². The molecule has 0 fully saturated rings. The van der Waals surface area contributed by atoms with E-state index in [0.717, 1.165) is 5.56 Å². The molecule has 0 aliphatic heterocycles. The lowest BCUT2D eigenvalue weighted by Crippen LogP contribution is -2.32. The Morgan fingerprint density at radius 2 is 2.00 bits per heavy atom. The molecule has 4 nitrogen and oxygen atoms in total. The minimum atomic E-state index is -1.17. The Morgan fingerprint density at radius 1 is 1.26 bits per heavy atom. The number of hydrogen-bond acceptors (Lipinski definition) is 3. The highest BCUT2D eigenvalue weighted by Gasteiger charge is 2.26. The molecule has 100 valence electrons. The van der Waals surface area contributed by atoms with Crippen molar-refractivity contribution in [3.8, 4) is 0 Å². The Labute approximate surface area is 112 Å². The van der Waals surface area contributed by atoms with Crippen molar-refractivity contribution in [2.45, 2.75) is 25.5 Å². The van der Waals surface area contributed by atoms with Gasteiger partial charge in [-0.25, -0.2) is 0 Å². The molecule has 2 rings (SSSR count). The molecule has 1 atom stereocenters. The molecule has 4 heteroatoms. The molecule has 1 unspecified atom stereocenters. The number of carbonyl (C=O) groups is 1. The predicted octanol–water partition coefficient (Wildman–Crippen LogP) is 2.19. The largest absolute Gasteiger partial charge is 0.467 e. The van der Waals surface area contributed by atoms with Gasteiger partial charge in [0.2, 0.25) is 5.91 Å². The molecule has 0 radical (unpaired) electrons. The third-order valence-electron chi connectivity index (χ3n) is 2.94. The molecule has 0 saturated carbocycles. The van der Waals surface area contributed by atoms with E-state index in [1.807, 2.05) is 18.2 Å². The van der Waals surface area contributed by atoms with Gasteiger partial charge in [-0.05, 0) is 24.6 Å². The van der Waals surface area contributed by atoms with Crippen molar-refractivity contribution >= 4 is 5.91 Å². The van der Waals surface area contributed by atoms with Gasteiger partial charge in [-0.2, -0.15) is 0 Å². The fraction of sp³-hybridized carbons (Fsp3) is 0.267. The van der Waals surface area contributed by atoms with E-state index >= 15 is 0 Å². The van der Waals surface area contributed by atoms with E-state index in [9.17, 15) is 9.90 Å². The van der Waals surface area contributed by atoms with E-state index < -0.39 is 5.60 Å². The zero-order valence-electron chi connectivity index (χ0n) is 10.8. The molecule has 0 saturated heterocycles. The van der Waals surface area contributed by atoms with Gasteiger partial charge in [-0.1, -0.05) is 30.3 Å². The lowest BCUT2D eigenvalue weighted by atomic mass is 9.92. The normalized spacial score (nSPS) is 13.8. The molecular weight excluding hydrogens is 242 g/mol. The van der Waals surface area contributed by atoms with Gasteiger partial charge in [0.15, 0.2) is 0 Å². The number of carbonyl (C=O) groups excluding carboxylic acids is 1. The summed E-state index contributed by atoms with van der Waals surface area (Å²) in [7, 11) is 0. The SMILES string of the molecule is CC(O)(CC(=O)NCc1ccco1)c1ccccc1. The van der Waals surface area contributed by atoms with Crippen LogP contribution in [-0.2, 0) is 16.9 Å². The topological polar surface area (TPSA) is 62.5 Å². The van der Waals surface area contributed by atoms with Crippen LogP contribution < -0.4 is 5.32 Å². The zero-order chi connectivity index (χ0) is 13.7. The molecule has 2 aromatic rings. The van der Waals surface area contributed by atoms with Gasteiger partial charge in [0, 0.05) is 0 Å². The van der Waals surface area contributed by atoms with Crippen LogP contribution in [0.3, 0.4) is 0 Å². The van der Waals surface area contributed by atoms with Crippen LogP contribution in [0.25, 0.3) is 0 Å². The summed E-state index contributed by atoms with van der Waals surface area (Å²) in [4.78, 5) is 11.8. The Balaban J connectivity index is 1.91. The first-order valence-electron chi connectivity index (χ1n) is 6.15. The highest BCUT2D eigenvalue weighted by atomic mass is 16.3. The first-order chi connectivity index (χ1) is 9.08. The predicted molar refractivity (Wildman–Crippen MR) is 71.2 cm³/mol. The van der Waals surface area contributed by atoms with Gasteiger partial charge in [-0.15, -0.1) is 0 Å². The Kier molecular flexibility index (Phi) is 4.02. The number of aliphatic hydroxyl groups is 1. The van der Waals surface area contributed by atoms with Gasteiger partial charge < -0.3 is 14.8 Å². The summed E-state index contributed by atoms with van der Waals surface area (Å²) >= 11 is 0. The molecule has 19 heavy (non-hydrogen) atoms. The van der Waals surface area contributed by atoms with Crippen LogP contribution in [0.4, 0.5) is 0 Å². The molecule has 1 aromatic carbocycles. The van der Waals surface area contributed by atoms with Crippen LogP contribution in [0.2, 0.25) is 0 Å². The van der Waals surface area contributed by atoms with Crippen LogP contribution in [0.1, 0.15) is 24.7 Å². The highest BCUT2D eigenvalue weighted by Crippen LogP contribution is 2.23. The van der Waals surface area contributed by atoms with Gasteiger partial charge in [0.25, 0.3) is 0 Å². The Morgan fingerprint density at radius 3 is 2.63 bits per heavy atom.